The molecule has 0 radical (unpaired) electrons. The van der Waals surface area contributed by atoms with Gasteiger partial charge in [0.1, 0.15) is 0 Å². The molecule has 5 rings (SSSR count). The van der Waals surface area contributed by atoms with Crippen molar-refractivity contribution in [1.82, 2.24) is 0 Å². The van der Waals surface area contributed by atoms with Crippen molar-refractivity contribution in [1.29, 1.82) is 0 Å². The van der Waals surface area contributed by atoms with Crippen molar-refractivity contribution in [2.24, 2.45) is 5.92 Å². The van der Waals surface area contributed by atoms with Crippen LogP contribution in [0.25, 0.3) is 0 Å². The predicted octanol–water partition coefficient (Wildman–Crippen LogP) is -1.97. The zero-order valence-electron chi connectivity index (χ0n) is 17.7. The number of hydrogen-bond acceptors (Lipinski definition) is 0. The second-order valence-electron chi connectivity index (χ2n) is 8.27. The summed E-state index contributed by atoms with van der Waals surface area (Å²) in [5, 5.41) is 0. The Morgan fingerprint density at radius 2 is 1.12 bits per heavy atom. The number of allylic oxidation sites excluding steroid dienone is 4. The van der Waals surface area contributed by atoms with Gasteiger partial charge in [0, 0.05) is 0 Å². The first-order chi connectivity index (χ1) is 14.3. The fourth-order valence-electron chi connectivity index (χ4n) is 5.68. The molecule has 0 spiro atoms. The van der Waals surface area contributed by atoms with Gasteiger partial charge in [0.2, 0.25) is 0 Å². The van der Waals surface area contributed by atoms with Crippen LogP contribution in [0, 0.1) is 5.92 Å². The van der Waals surface area contributed by atoms with Gasteiger partial charge < -0.3 is 37.2 Å². The van der Waals surface area contributed by atoms with Crippen molar-refractivity contribution in [2.75, 3.05) is 0 Å². The van der Waals surface area contributed by atoms with Crippen LogP contribution in [-0.2, 0) is 25.9 Å². The summed E-state index contributed by atoms with van der Waals surface area (Å²) in [6.07, 6.45) is 10.7. The molecule has 4 heteroatoms. The summed E-state index contributed by atoms with van der Waals surface area (Å²) < 4.78 is 0.0203. The summed E-state index contributed by atoms with van der Waals surface area (Å²) >= 11 is 2.52. The zero-order chi connectivity index (χ0) is 19.7. The van der Waals surface area contributed by atoms with Crippen molar-refractivity contribution < 1.29 is 57.7 Å². The summed E-state index contributed by atoms with van der Waals surface area (Å²) in [7, 11) is 0. The van der Waals surface area contributed by atoms with E-state index in [4.69, 9.17) is 0 Å². The molecule has 0 heterocycles. The molecule has 2 atom stereocenters. The van der Waals surface area contributed by atoms with Gasteiger partial charge in [0.25, 0.3) is 0 Å². The van der Waals surface area contributed by atoms with Gasteiger partial charge in [-0.15, -0.1) is 0 Å². The fourth-order valence-corrected chi connectivity index (χ4v) is 7.03. The van der Waals surface area contributed by atoms with Crippen LogP contribution in [0.5, 0.6) is 0 Å². The van der Waals surface area contributed by atoms with Crippen LogP contribution in [-0.4, -0.2) is 0 Å². The van der Waals surface area contributed by atoms with Crippen LogP contribution in [0.15, 0.2) is 115 Å². The quantitative estimate of drug-likeness (QED) is 0.280. The van der Waals surface area contributed by atoms with E-state index in [0.717, 1.165) is 0 Å². The molecule has 2 aliphatic carbocycles. The average molecular weight is 516 g/mol. The third kappa shape index (κ3) is 4.17. The Bertz CT molecular complexity index is 951. The molecule has 3 aromatic carbocycles. The molecule has 1 saturated carbocycles. The first-order valence-corrected chi connectivity index (χ1v) is 11.3. The normalized spacial score (nSPS) is 21.3. The van der Waals surface area contributed by atoms with E-state index in [9.17, 15) is 0 Å². The van der Waals surface area contributed by atoms with Crippen LogP contribution in [0.4, 0.5) is 0 Å². The minimum absolute atomic E-state index is 0. The van der Waals surface area contributed by atoms with E-state index in [2.05, 4.69) is 130 Å². The third-order valence-electron chi connectivity index (χ3n) is 6.89. The molecule has 0 aromatic heterocycles. The Balaban J connectivity index is 0.00000121. The fraction of sp³-hybridized carbons (Fsp3) is 0.214. The molecule has 2 aliphatic rings. The predicted molar refractivity (Wildman–Crippen MR) is 116 cm³/mol. The van der Waals surface area contributed by atoms with Crippen LogP contribution in [0.2, 0.25) is 3.72 Å². The molecule has 1 fully saturated rings. The molecular formula is C28H25Cl3Ti. The molecule has 0 amide bonds. The van der Waals surface area contributed by atoms with Crippen molar-refractivity contribution in [3.8, 4) is 0 Å². The standard InChI is InChI=1S/C28H25.3ClH.Ti/c1-4-13-23(14-5-1)28(24-15-6-2-7-16-24,25-17-8-3-9-18-25)27-21-20-22-12-10-11-19-26(22)27;;;;/h1-11,13-19,22H,12,20-21H2;3*1H;/q;;;;+3/p-3. The van der Waals surface area contributed by atoms with E-state index in [-0.39, 0.29) is 46.4 Å². The monoisotopic (exact) mass is 514 g/mol. The molecule has 0 saturated heterocycles. The SMILES string of the molecule is [Cl-].[Cl-].[Cl-].[Ti+3][C]1(C(c2ccccc2)(c2ccccc2)c2ccccc2)CCC2CC=CC=C21. The Kier molecular flexibility index (Phi) is 9.47. The molecule has 32 heavy (non-hydrogen) atoms. The zero-order valence-corrected chi connectivity index (χ0v) is 21.6. The van der Waals surface area contributed by atoms with E-state index in [1.807, 2.05) is 0 Å². The van der Waals surface area contributed by atoms with Gasteiger partial charge in [-0.3, -0.25) is 0 Å². The van der Waals surface area contributed by atoms with Crippen molar-refractivity contribution in [3.63, 3.8) is 0 Å². The van der Waals surface area contributed by atoms with Crippen LogP contribution < -0.4 is 37.2 Å². The summed E-state index contributed by atoms with van der Waals surface area (Å²) in [5.41, 5.74) is 5.56. The van der Waals surface area contributed by atoms with E-state index in [0.29, 0.717) is 5.92 Å². The maximum absolute atomic E-state index is 2.52. The summed E-state index contributed by atoms with van der Waals surface area (Å²) in [6.45, 7) is 0. The second kappa shape index (κ2) is 11.2. The summed E-state index contributed by atoms with van der Waals surface area (Å²) in [4.78, 5) is 0. The molecule has 0 aliphatic heterocycles. The van der Waals surface area contributed by atoms with Crippen molar-refractivity contribution in [2.45, 2.75) is 28.4 Å². The molecule has 0 bridgehead atoms. The van der Waals surface area contributed by atoms with Gasteiger partial charge in [0.05, 0.1) is 0 Å². The average Bonchev–Trinajstić information content (AvgIpc) is 3.15. The third-order valence-corrected chi connectivity index (χ3v) is 8.32. The van der Waals surface area contributed by atoms with E-state index >= 15 is 0 Å². The Hall–Kier alpha value is -1.28. The van der Waals surface area contributed by atoms with Crippen molar-refractivity contribution >= 4 is 0 Å². The summed E-state index contributed by atoms with van der Waals surface area (Å²) in [5.74, 6) is 0.667. The molecule has 3 aromatic rings. The van der Waals surface area contributed by atoms with Gasteiger partial charge in [0.15, 0.2) is 0 Å². The molecule has 0 nitrogen and oxygen atoms in total. The number of hydrogen-bond donors (Lipinski definition) is 0. The number of halogens is 3. The number of fused-ring (bicyclic) bond motifs is 1. The Labute approximate surface area is 222 Å². The summed E-state index contributed by atoms with van der Waals surface area (Å²) in [6, 6.07) is 33.6. The first-order valence-electron chi connectivity index (χ1n) is 10.6. The molecule has 2 unspecified atom stereocenters. The van der Waals surface area contributed by atoms with E-state index in [1.165, 1.54) is 36.0 Å². The van der Waals surface area contributed by atoms with Gasteiger partial charge in [-0.25, -0.2) is 0 Å². The van der Waals surface area contributed by atoms with Gasteiger partial charge >= 0.3 is 186 Å². The van der Waals surface area contributed by atoms with E-state index < -0.39 is 0 Å². The van der Waals surface area contributed by atoms with Crippen LogP contribution in [0.1, 0.15) is 36.0 Å². The van der Waals surface area contributed by atoms with E-state index in [1.54, 1.807) is 5.57 Å². The van der Waals surface area contributed by atoms with Crippen molar-refractivity contribution in [3.05, 3.63) is 131 Å². The minimum atomic E-state index is -0.220. The topological polar surface area (TPSA) is 0 Å². The first kappa shape index (κ1) is 27.0. The number of benzene rings is 3. The van der Waals surface area contributed by atoms with Crippen LogP contribution >= 0.6 is 0 Å². The Morgan fingerprint density at radius 3 is 1.56 bits per heavy atom. The molecule has 162 valence electrons. The number of rotatable bonds is 4. The maximum atomic E-state index is 2.52. The van der Waals surface area contributed by atoms with Crippen LogP contribution in [0.3, 0.4) is 0 Å². The molecular weight excluding hydrogens is 491 g/mol. The van der Waals surface area contributed by atoms with Gasteiger partial charge in [-0.1, -0.05) is 0 Å². The Morgan fingerprint density at radius 1 is 0.688 bits per heavy atom. The molecule has 0 N–H and O–H groups in total. The van der Waals surface area contributed by atoms with Gasteiger partial charge in [-0.05, 0) is 0 Å². The van der Waals surface area contributed by atoms with Gasteiger partial charge in [-0.2, -0.15) is 0 Å². The second-order valence-corrected chi connectivity index (χ2v) is 9.61.